The lowest BCUT2D eigenvalue weighted by Crippen LogP contribution is -2.37. The quantitative estimate of drug-likeness (QED) is 0.812. The van der Waals surface area contributed by atoms with Gasteiger partial charge in [-0.05, 0) is 30.5 Å². The number of hydrogen-bond donors (Lipinski definition) is 2. The van der Waals surface area contributed by atoms with E-state index in [1.54, 1.807) is 12.1 Å². The first-order chi connectivity index (χ1) is 9.96. The van der Waals surface area contributed by atoms with E-state index in [2.05, 4.69) is 10.6 Å². The molecule has 0 radical (unpaired) electrons. The smallest absolute Gasteiger partial charge is 0.222 e. The van der Waals surface area contributed by atoms with Gasteiger partial charge in [-0.2, -0.15) is 0 Å². The summed E-state index contributed by atoms with van der Waals surface area (Å²) in [4.78, 5) is 23.5. The summed E-state index contributed by atoms with van der Waals surface area (Å²) in [5, 5.41) is 6.42. The van der Waals surface area contributed by atoms with E-state index in [4.69, 9.17) is 11.6 Å². The lowest BCUT2D eigenvalue weighted by Gasteiger charge is -2.20. The van der Waals surface area contributed by atoms with Crippen molar-refractivity contribution in [1.29, 1.82) is 0 Å². The van der Waals surface area contributed by atoms with Crippen LogP contribution in [0.4, 0.5) is 0 Å². The van der Waals surface area contributed by atoms with Crippen molar-refractivity contribution in [2.24, 2.45) is 0 Å². The molecule has 2 N–H and O–H groups in total. The van der Waals surface area contributed by atoms with Crippen LogP contribution < -0.4 is 10.6 Å². The van der Waals surface area contributed by atoms with Crippen molar-refractivity contribution in [1.82, 2.24) is 10.6 Å². The number of amides is 2. The predicted octanol–water partition coefficient (Wildman–Crippen LogP) is 3.21. The van der Waals surface area contributed by atoms with Gasteiger partial charge in [0, 0.05) is 18.0 Å². The molecule has 0 bridgehead atoms. The van der Waals surface area contributed by atoms with Crippen molar-refractivity contribution in [2.75, 3.05) is 0 Å². The SMILES string of the molecule is CCC(CC)NC(=O)CC(NC(C)=O)c1ccc(Cl)cc1. The zero-order valence-electron chi connectivity index (χ0n) is 12.8. The lowest BCUT2D eigenvalue weighted by atomic mass is 10.0. The molecule has 1 aromatic carbocycles. The van der Waals surface area contributed by atoms with Gasteiger partial charge in [-0.3, -0.25) is 9.59 Å². The van der Waals surface area contributed by atoms with Gasteiger partial charge in [-0.15, -0.1) is 0 Å². The molecular formula is C16H23ClN2O2. The van der Waals surface area contributed by atoms with Crippen molar-refractivity contribution in [2.45, 2.75) is 52.1 Å². The molecule has 0 spiro atoms. The number of benzene rings is 1. The summed E-state index contributed by atoms with van der Waals surface area (Å²) in [6.07, 6.45) is 2.01. The number of rotatable bonds is 7. The number of carbonyl (C=O) groups excluding carboxylic acids is 2. The molecule has 4 nitrogen and oxygen atoms in total. The Morgan fingerprint density at radius 3 is 2.14 bits per heavy atom. The Morgan fingerprint density at radius 1 is 1.10 bits per heavy atom. The largest absolute Gasteiger partial charge is 0.353 e. The van der Waals surface area contributed by atoms with Crippen molar-refractivity contribution in [3.05, 3.63) is 34.9 Å². The minimum absolute atomic E-state index is 0.0580. The molecule has 0 heterocycles. The van der Waals surface area contributed by atoms with Crippen LogP contribution >= 0.6 is 11.6 Å². The van der Waals surface area contributed by atoms with Gasteiger partial charge in [0.2, 0.25) is 11.8 Å². The first kappa shape index (κ1) is 17.5. The Labute approximate surface area is 131 Å². The molecule has 1 atom stereocenters. The Hall–Kier alpha value is -1.55. The summed E-state index contributed by atoms with van der Waals surface area (Å²) in [6.45, 7) is 5.53. The van der Waals surface area contributed by atoms with Gasteiger partial charge in [0.05, 0.1) is 12.5 Å². The lowest BCUT2D eigenvalue weighted by molar-refractivity contribution is -0.123. The van der Waals surface area contributed by atoms with Crippen LogP contribution in [0.25, 0.3) is 0 Å². The van der Waals surface area contributed by atoms with E-state index in [0.717, 1.165) is 18.4 Å². The minimum Gasteiger partial charge on any atom is -0.353 e. The summed E-state index contributed by atoms with van der Waals surface area (Å²) in [5.41, 5.74) is 0.870. The van der Waals surface area contributed by atoms with Crippen LogP contribution in [-0.4, -0.2) is 17.9 Å². The standard InChI is InChI=1S/C16H23ClN2O2/c1-4-14(5-2)19-16(21)10-15(18-11(3)20)12-6-8-13(17)9-7-12/h6-9,14-15H,4-5,10H2,1-3H3,(H,18,20)(H,19,21). The molecule has 1 rings (SSSR count). The summed E-state index contributed by atoms with van der Waals surface area (Å²) in [5.74, 6) is -0.220. The molecule has 0 aliphatic heterocycles. The first-order valence-corrected chi connectivity index (χ1v) is 7.66. The van der Waals surface area contributed by atoms with E-state index >= 15 is 0 Å². The zero-order chi connectivity index (χ0) is 15.8. The second-order valence-electron chi connectivity index (χ2n) is 5.09. The van der Waals surface area contributed by atoms with Crippen LogP contribution in [-0.2, 0) is 9.59 Å². The van der Waals surface area contributed by atoms with E-state index in [-0.39, 0.29) is 30.3 Å². The van der Waals surface area contributed by atoms with Gasteiger partial charge >= 0.3 is 0 Å². The molecular weight excluding hydrogens is 288 g/mol. The summed E-state index contributed by atoms with van der Waals surface area (Å²) in [7, 11) is 0. The fraction of sp³-hybridized carbons (Fsp3) is 0.500. The van der Waals surface area contributed by atoms with Gasteiger partial charge in [0.1, 0.15) is 0 Å². The highest BCUT2D eigenvalue weighted by Crippen LogP contribution is 2.19. The highest BCUT2D eigenvalue weighted by Gasteiger charge is 2.18. The van der Waals surface area contributed by atoms with Gasteiger partial charge in [-0.1, -0.05) is 37.6 Å². The number of carbonyl (C=O) groups is 2. The zero-order valence-corrected chi connectivity index (χ0v) is 13.5. The highest BCUT2D eigenvalue weighted by atomic mass is 35.5. The number of hydrogen-bond acceptors (Lipinski definition) is 2. The molecule has 5 heteroatoms. The Balaban J connectivity index is 2.76. The van der Waals surface area contributed by atoms with Crippen LogP contribution in [0, 0.1) is 0 Å². The van der Waals surface area contributed by atoms with E-state index < -0.39 is 0 Å². The second kappa shape index (κ2) is 8.67. The Bertz CT molecular complexity index is 470. The fourth-order valence-electron chi connectivity index (χ4n) is 2.16. The third-order valence-electron chi connectivity index (χ3n) is 3.39. The maximum absolute atomic E-state index is 12.1. The summed E-state index contributed by atoms with van der Waals surface area (Å²) < 4.78 is 0. The van der Waals surface area contributed by atoms with Crippen LogP contribution in [0.1, 0.15) is 51.6 Å². The normalized spacial score (nSPS) is 12.0. The molecule has 1 aromatic rings. The summed E-state index contributed by atoms with van der Waals surface area (Å²) in [6, 6.07) is 7.00. The monoisotopic (exact) mass is 310 g/mol. The predicted molar refractivity (Wildman–Crippen MR) is 85.1 cm³/mol. The van der Waals surface area contributed by atoms with Crippen molar-refractivity contribution in [3.63, 3.8) is 0 Å². The maximum Gasteiger partial charge on any atom is 0.222 e. The highest BCUT2D eigenvalue weighted by molar-refractivity contribution is 6.30. The van der Waals surface area contributed by atoms with Crippen LogP contribution in [0.15, 0.2) is 24.3 Å². The van der Waals surface area contributed by atoms with E-state index in [1.807, 2.05) is 26.0 Å². The molecule has 21 heavy (non-hydrogen) atoms. The molecule has 0 fully saturated rings. The molecule has 116 valence electrons. The second-order valence-corrected chi connectivity index (χ2v) is 5.53. The van der Waals surface area contributed by atoms with E-state index in [0.29, 0.717) is 5.02 Å². The first-order valence-electron chi connectivity index (χ1n) is 7.28. The van der Waals surface area contributed by atoms with E-state index in [1.165, 1.54) is 6.92 Å². The molecule has 0 aliphatic rings. The maximum atomic E-state index is 12.1. The molecule has 0 aromatic heterocycles. The minimum atomic E-state index is -0.339. The average Bonchev–Trinajstić information content (AvgIpc) is 2.44. The van der Waals surface area contributed by atoms with Crippen molar-refractivity contribution >= 4 is 23.4 Å². The molecule has 2 amide bonds. The third kappa shape index (κ3) is 6.17. The summed E-state index contributed by atoms with van der Waals surface area (Å²) >= 11 is 5.87. The fourth-order valence-corrected chi connectivity index (χ4v) is 2.28. The molecule has 1 unspecified atom stereocenters. The van der Waals surface area contributed by atoms with Crippen LogP contribution in [0.3, 0.4) is 0 Å². The number of nitrogens with one attached hydrogen (secondary N) is 2. The van der Waals surface area contributed by atoms with E-state index in [9.17, 15) is 9.59 Å². The third-order valence-corrected chi connectivity index (χ3v) is 3.64. The van der Waals surface area contributed by atoms with Gasteiger partial charge in [-0.25, -0.2) is 0 Å². The van der Waals surface area contributed by atoms with Gasteiger partial charge in [0.15, 0.2) is 0 Å². The molecule has 0 saturated heterocycles. The Morgan fingerprint density at radius 2 is 1.67 bits per heavy atom. The average molecular weight is 311 g/mol. The van der Waals surface area contributed by atoms with Crippen LogP contribution in [0.5, 0.6) is 0 Å². The van der Waals surface area contributed by atoms with Gasteiger partial charge < -0.3 is 10.6 Å². The van der Waals surface area contributed by atoms with Gasteiger partial charge in [0.25, 0.3) is 0 Å². The topological polar surface area (TPSA) is 58.2 Å². The van der Waals surface area contributed by atoms with Crippen LogP contribution in [0.2, 0.25) is 5.02 Å². The molecule has 0 aliphatic carbocycles. The Kier molecular flexibility index (Phi) is 7.23. The number of halogens is 1. The molecule has 0 saturated carbocycles. The van der Waals surface area contributed by atoms with Crippen molar-refractivity contribution in [3.8, 4) is 0 Å². The van der Waals surface area contributed by atoms with Crippen molar-refractivity contribution < 1.29 is 9.59 Å².